The number of hydrogen-bond acceptors (Lipinski definition) is 4. The molecule has 1 heterocycles. The Balaban J connectivity index is 3.21. The first-order valence-corrected chi connectivity index (χ1v) is 6.50. The summed E-state index contributed by atoms with van der Waals surface area (Å²) in [5.74, 6) is -1.13. The smallest absolute Gasteiger partial charge is 0.329 e. The summed E-state index contributed by atoms with van der Waals surface area (Å²) in [7, 11) is 1.41. The predicted octanol–water partition coefficient (Wildman–Crippen LogP) is 2.19. The minimum atomic E-state index is -1.36. The van der Waals surface area contributed by atoms with Gasteiger partial charge in [0.2, 0.25) is 0 Å². The van der Waals surface area contributed by atoms with Crippen LogP contribution in [0.4, 0.5) is 0 Å². The van der Waals surface area contributed by atoms with Crippen molar-refractivity contribution in [3.63, 3.8) is 0 Å². The van der Waals surface area contributed by atoms with Gasteiger partial charge in [-0.15, -0.1) is 0 Å². The van der Waals surface area contributed by atoms with Crippen LogP contribution in [0.1, 0.15) is 49.9 Å². The molecule has 0 spiro atoms. The minimum absolute atomic E-state index is 0.0159. The van der Waals surface area contributed by atoms with E-state index >= 15 is 0 Å². The van der Waals surface area contributed by atoms with Crippen LogP contribution in [-0.2, 0) is 4.79 Å². The molecular weight excluding hydrogens is 282 g/mol. The maximum absolute atomic E-state index is 12.4. The molecule has 0 saturated carbocycles. The summed E-state index contributed by atoms with van der Waals surface area (Å²) in [6.07, 6.45) is 1.36. The van der Waals surface area contributed by atoms with Crippen LogP contribution in [0, 0.1) is 0 Å². The second-order valence-corrected chi connectivity index (χ2v) is 5.71. The zero-order valence-corrected chi connectivity index (χ0v) is 12.9. The lowest BCUT2D eigenvalue weighted by Gasteiger charge is -2.31. The van der Waals surface area contributed by atoms with Gasteiger partial charge in [-0.1, -0.05) is 25.4 Å². The zero-order chi connectivity index (χ0) is 15.7. The number of hydrogen-bond donors (Lipinski definition) is 1. The van der Waals surface area contributed by atoms with Crippen molar-refractivity contribution in [2.45, 2.75) is 39.2 Å². The number of carbonyl (C=O) groups excluding carboxylic acids is 1. The Labute approximate surface area is 122 Å². The van der Waals surface area contributed by atoms with Crippen molar-refractivity contribution < 1.29 is 14.7 Å². The SMILES string of the molecule is CC(C)c1ncc(Cl)c(C(=O)N(C)C(C)(C)C(=O)O)n1. The first-order valence-electron chi connectivity index (χ1n) is 6.13. The van der Waals surface area contributed by atoms with Crippen LogP contribution >= 0.6 is 11.6 Å². The number of amides is 1. The number of carboxylic acid groups (broad SMARTS) is 1. The molecule has 0 saturated heterocycles. The Morgan fingerprint density at radius 3 is 2.40 bits per heavy atom. The van der Waals surface area contributed by atoms with Crippen molar-refractivity contribution in [1.82, 2.24) is 14.9 Å². The quantitative estimate of drug-likeness (QED) is 0.921. The van der Waals surface area contributed by atoms with Gasteiger partial charge in [0.05, 0.1) is 11.2 Å². The largest absolute Gasteiger partial charge is 0.480 e. The Hall–Kier alpha value is -1.69. The van der Waals surface area contributed by atoms with E-state index in [0.717, 1.165) is 4.90 Å². The van der Waals surface area contributed by atoms with Gasteiger partial charge in [-0.05, 0) is 13.8 Å². The van der Waals surface area contributed by atoms with Gasteiger partial charge in [0.15, 0.2) is 5.69 Å². The molecule has 0 aliphatic heterocycles. The topological polar surface area (TPSA) is 83.4 Å². The predicted molar refractivity (Wildman–Crippen MR) is 74.9 cm³/mol. The molecule has 0 atom stereocenters. The third-order valence-electron chi connectivity index (χ3n) is 3.15. The average molecular weight is 300 g/mol. The maximum Gasteiger partial charge on any atom is 0.329 e. The number of nitrogens with zero attached hydrogens (tertiary/aromatic N) is 3. The van der Waals surface area contributed by atoms with E-state index in [4.69, 9.17) is 16.7 Å². The molecule has 0 radical (unpaired) electrons. The highest BCUT2D eigenvalue weighted by atomic mass is 35.5. The van der Waals surface area contributed by atoms with Gasteiger partial charge in [0.1, 0.15) is 11.4 Å². The van der Waals surface area contributed by atoms with Gasteiger partial charge in [-0.2, -0.15) is 0 Å². The first kappa shape index (κ1) is 16.4. The van der Waals surface area contributed by atoms with Crippen LogP contribution in [0.15, 0.2) is 6.20 Å². The van der Waals surface area contributed by atoms with E-state index in [1.807, 2.05) is 13.8 Å². The molecule has 1 amide bonds. The van der Waals surface area contributed by atoms with E-state index in [0.29, 0.717) is 5.82 Å². The number of carbonyl (C=O) groups is 2. The van der Waals surface area contributed by atoms with Crippen molar-refractivity contribution in [3.8, 4) is 0 Å². The molecule has 110 valence electrons. The number of aromatic nitrogens is 2. The highest BCUT2D eigenvalue weighted by Gasteiger charge is 2.36. The molecule has 20 heavy (non-hydrogen) atoms. The molecule has 0 aliphatic rings. The van der Waals surface area contributed by atoms with Crippen molar-refractivity contribution >= 4 is 23.5 Å². The van der Waals surface area contributed by atoms with Gasteiger partial charge in [0, 0.05) is 13.0 Å². The first-order chi connectivity index (χ1) is 9.09. The molecule has 0 fully saturated rings. The third kappa shape index (κ3) is 3.07. The molecule has 0 bridgehead atoms. The number of halogens is 1. The average Bonchev–Trinajstić information content (AvgIpc) is 2.36. The number of rotatable bonds is 4. The van der Waals surface area contributed by atoms with Crippen LogP contribution < -0.4 is 0 Å². The Kier molecular flexibility index (Phi) is 4.70. The van der Waals surface area contributed by atoms with Crippen molar-refractivity contribution in [2.24, 2.45) is 0 Å². The fourth-order valence-corrected chi connectivity index (χ4v) is 1.54. The molecule has 1 rings (SSSR count). The van der Waals surface area contributed by atoms with Crippen LogP contribution in [0.2, 0.25) is 5.02 Å². The summed E-state index contributed by atoms with van der Waals surface area (Å²) in [6, 6.07) is 0. The molecule has 6 nitrogen and oxygen atoms in total. The summed E-state index contributed by atoms with van der Waals surface area (Å²) >= 11 is 5.95. The zero-order valence-electron chi connectivity index (χ0n) is 12.1. The molecule has 1 aromatic heterocycles. The molecule has 1 N–H and O–H groups in total. The van der Waals surface area contributed by atoms with Crippen LogP contribution in [0.25, 0.3) is 0 Å². The van der Waals surface area contributed by atoms with E-state index in [1.54, 1.807) is 0 Å². The molecule has 1 aromatic rings. The fourth-order valence-electron chi connectivity index (χ4n) is 1.37. The Morgan fingerprint density at radius 1 is 1.40 bits per heavy atom. The highest BCUT2D eigenvalue weighted by Crippen LogP contribution is 2.21. The molecule has 0 aliphatic carbocycles. The molecule has 0 aromatic carbocycles. The van der Waals surface area contributed by atoms with Crippen molar-refractivity contribution in [3.05, 3.63) is 22.7 Å². The summed E-state index contributed by atoms with van der Waals surface area (Å²) in [6.45, 7) is 6.65. The fraction of sp³-hybridized carbons (Fsp3) is 0.538. The lowest BCUT2D eigenvalue weighted by atomic mass is 10.0. The minimum Gasteiger partial charge on any atom is -0.480 e. The highest BCUT2D eigenvalue weighted by molar-refractivity contribution is 6.33. The van der Waals surface area contributed by atoms with Gasteiger partial charge >= 0.3 is 5.97 Å². The standard InChI is InChI=1S/C13H18ClN3O3/c1-7(2)10-15-6-8(14)9(16-10)11(18)17(5)13(3,4)12(19)20/h6-7H,1-5H3,(H,19,20). The lowest BCUT2D eigenvalue weighted by Crippen LogP contribution is -2.51. The summed E-state index contributed by atoms with van der Waals surface area (Å²) in [5, 5.41) is 9.26. The van der Waals surface area contributed by atoms with Gasteiger partial charge < -0.3 is 10.0 Å². The van der Waals surface area contributed by atoms with E-state index in [-0.39, 0.29) is 16.6 Å². The number of aliphatic carboxylic acids is 1. The van der Waals surface area contributed by atoms with Crippen LogP contribution in [0.5, 0.6) is 0 Å². The number of likely N-dealkylation sites (N-methyl/N-ethyl adjacent to an activating group) is 1. The van der Waals surface area contributed by atoms with E-state index in [2.05, 4.69) is 9.97 Å². The van der Waals surface area contributed by atoms with Crippen LogP contribution in [-0.4, -0.2) is 44.4 Å². The van der Waals surface area contributed by atoms with Crippen molar-refractivity contribution in [2.75, 3.05) is 7.05 Å². The van der Waals surface area contributed by atoms with Gasteiger partial charge in [0.25, 0.3) is 5.91 Å². The normalized spacial score (nSPS) is 11.6. The van der Waals surface area contributed by atoms with E-state index in [1.165, 1.54) is 27.1 Å². The lowest BCUT2D eigenvalue weighted by molar-refractivity contribution is -0.147. The van der Waals surface area contributed by atoms with E-state index in [9.17, 15) is 9.59 Å². The van der Waals surface area contributed by atoms with Crippen LogP contribution in [0.3, 0.4) is 0 Å². The third-order valence-corrected chi connectivity index (χ3v) is 3.42. The summed E-state index contributed by atoms with van der Waals surface area (Å²) in [5.41, 5.74) is -1.34. The summed E-state index contributed by atoms with van der Waals surface area (Å²) < 4.78 is 0. The maximum atomic E-state index is 12.4. The Morgan fingerprint density at radius 2 is 1.95 bits per heavy atom. The van der Waals surface area contributed by atoms with Crippen molar-refractivity contribution in [1.29, 1.82) is 0 Å². The second-order valence-electron chi connectivity index (χ2n) is 5.31. The Bertz CT molecular complexity index is 544. The molecule has 7 heteroatoms. The monoisotopic (exact) mass is 299 g/mol. The second kappa shape index (κ2) is 5.75. The molecular formula is C13H18ClN3O3. The summed E-state index contributed by atoms with van der Waals surface area (Å²) in [4.78, 5) is 32.9. The molecule has 0 unspecified atom stereocenters. The van der Waals surface area contributed by atoms with E-state index < -0.39 is 17.4 Å². The van der Waals surface area contributed by atoms with Gasteiger partial charge in [-0.25, -0.2) is 14.8 Å². The number of carboxylic acids is 1. The van der Waals surface area contributed by atoms with Gasteiger partial charge in [-0.3, -0.25) is 4.79 Å².